The number of nitrogens with one attached hydrogen (secondary N) is 1. The van der Waals surface area contributed by atoms with E-state index in [0.717, 1.165) is 13.8 Å². The number of aldehydes is 1. The molecule has 1 amide bonds. The molecule has 0 radical (unpaired) electrons. The molecule has 1 rings (SSSR count). The molecule has 0 aliphatic rings. The first-order valence-corrected chi connectivity index (χ1v) is 8.56. The molecule has 1 aromatic carbocycles. The van der Waals surface area contributed by atoms with Crippen molar-refractivity contribution in [3.63, 3.8) is 0 Å². The van der Waals surface area contributed by atoms with Crippen molar-refractivity contribution in [2.75, 3.05) is 6.54 Å². The van der Waals surface area contributed by atoms with Crippen molar-refractivity contribution >= 4 is 29.5 Å². The van der Waals surface area contributed by atoms with E-state index in [-0.39, 0.29) is 18.5 Å². The van der Waals surface area contributed by atoms with Gasteiger partial charge in [-0.25, -0.2) is 0 Å². The molecule has 0 aliphatic carbocycles. The maximum atomic E-state index is 12.1. The number of Topliss-reactive ketones (excluding diaryl/α,β-unsaturated/α-hetero) is 3. The van der Waals surface area contributed by atoms with E-state index in [0.29, 0.717) is 5.56 Å². The summed E-state index contributed by atoms with van der Waals surface area (Å²) in [6.45, 7) is 0.926. The van der Waals surface area contributed by atoms with Crippen LogP contribution in [0.4, 0.5) is 0 Å². The van der Waals surface area contributed by atoms with Gasteiger partial charge in [-0.2, -0.15) is 0 Å². The number of phenolic OH excluding ortho intramolecular Hbond substituents is 1. The van der Waals surface area contributed by atoms with E-state index >= 15 is 0 Å². The second-order valence-electron chi connectivity index (χ2n) is 6.90. The van der Waals surface area contributed by atoms with Gasteiger partial charge in [-0.05, 0) is 31.5 Å². The van der Waals surface area contributed by atoms with Gasteiger partial charge in [0.2, 0.25) is 11.7 Å². The van der Waals surface area contributed by atoms with E-state index < -0.39 is 53.5 Å². The Kier molecular flexibility index (Phi) is 7.89. The van der Waals surface area contributed by atoms with Gasteiger partial charge in [0, 0.05) is 6.42 Å². The molecule has 0 aromatic heterocycles. The van der Waals surface area contributed by atoms with Crippen molar-refractivity contribution in [1.82, 2.24) is 5.32 Å². The third kappa shape index (κ3) is 6.56. The fourth-order valence-corrected chi connectivity index (χ4v) is 2.33. The molecule has 0 fully saturated rings. The van der Waals surface area contributed by atoms with Gasteiger partial charge >= 0.3 is 0 Å². The lowest BCUT2D eigenvalue weighted by Crippen LogP contribution is -2.56. The lowest BCUT2D eigenvalue weighted by Gasteiger charge is -2.26. The molecule has 0 bridgehead atoms. The van der Waals surface area contributed by atoms with Crippen molar-refractivity contribution in [2.24, 2.45) is 0 Å². The fourth-order valence-electron chi connectivity index (χ4n) is 2.33. The number of hydrogen-bond donors (Lipinski definition) is 5. The highest BCUT2D eigenvalue weighted by Crippen LogP contribution is 2.18. The molecule has 0 spiro atoms. The number of benzene rings is 1. The summed E-state index contributed by atoms with van der Waals surface area (Å²) >= 11 is 0. The number of amides is 1. The van der Waals surface area contributed by atoms with Gasteiger partial charge in [0.15, 0.2) is 29.1 Å². The Morgan fingerprint density at radius 3 is 2.17 bits per heavy atom. The molecular formula is C19H23NO9. The van der Waals surface area contributed by atoms with Crippen LogP contribution in [0.1, 0.15) is 25.8 Å². The molecular weight excluding hydrogens is 386 g/mol. The van der Waals surface area contributed by atoms with E-state index in [2.05, 4.69) is 5.32 Å². The Morgan fingerprint density at radius 1 is 1.10 bits per heavy atom. The molecule has 10 heteroatoms. The van der Waals surface area contributed by atoms with E-state index in [1.54, 1.807) is 0 Å². The van der Waals surface area contributed by atoms with Gasteiger partial charge in [-0.1, -0.05) is 12.1 Å². The van der Waals surface area contributed by atoms with Crippen LogP contribution in [0.5, 0.6) is 5.75 Å². The highest BCUT2D eigenvalue weighted by atomic mass is 16.3. The molecule has 29 heavy (non-hydrogen) atoms. The number of aliphatic hydroxyl groups excluding tert-OH is 1. The number of carbonyl (C=O) groups excluding carboxylic acids is 5. The summed E-state index contributed by atoms with van der Waals surface area (Å²) in [5.41, 5.74) is -4.84. The largest absolute Gasteiger partial charge is 0.508 e. The van der Waals surface area contributed by atoms with Crippen LogP contribution < -0.4 is 5.32 Å². The van der Waals surface area contributed by atoms with Crippen LogP contribution in [-0.4, -0.2) is 73.8 Å². The SMILES string of the molecule is CC(O)(C=O)C(=O)C(C)(O)C(=O)CC(O)C(=O)CNC(=O)Cc1ccc(O)cc1. The van der Waals surface area contributed by atoms with Crippen LogP contribution in [0.15, 0.2) is 24.3 Å². The maximum Gasteiger partial charge on any atom is 0.224 e. The highest BCUT2D eigenvalue weighted by molar-refractivity contribution is 6.18. The predicted octanol–water partition coefficient (Wildman–Crippen LogP) is -1.79. The number of rotatable bonds is 11. The monoisotopic (exact) mass is 409 g/mol. The van der Waals surface area contributed by atoms with Crippen LogP contribution in [0.2, 0.25) is 0 Å². The van der Waals surface area contributed by atoms with E-state index in [9.17, 15) is 44.4 Å². The zero-order chi connectivity index (χ0) is 22.4. The van der Waals surface area contributed by atoms with Gasteiger partial charge < -0.3 is 25.7 Å². The van der Waals surface area contributed by atoms with Crippen LogP contribution in [0.25, 0.3) is 0 Å². The Hall–Kier alpha value is -2.95. The quantitative estimate of drug-likeness (QED) is 0.208. The summed E-state index contributed by atoms with van der Waals surface area (Å²) in [6, 6.07) is 5.80. The lowest BCUT2D eigenvalue weighted by atomic mass is 9.83. The number of carbonyl (C=O) groups is 5. The summed E-state index contributed by atoms with van der Waals surface area (Å²) in [7, 11) is 0. The van der Waals surface area contributed by atoms with Crippen molar-refractivity contribution in [3.05, 3.63) is 29.8 Å². The van der Waals surface area contributed by atoms with Crippen molar-refractivity contribution in [1.29, 1.82) is 0 Å². The maximum absolute atomic E-state index is 12.1. The molecule has 0 heterocycles. The minimum absolute atomic E-state index is 0.0288. The molecule has 3 unspecified atom stereocenters. The minimum Gasteiger partial charge on any atom is -0.508 e. The van der Waals surface area contributed by atoms with Gasteiger partial charge in [-0.15, -0.1) is 0 Å². The number of ketones is 3. The summed E-state index contributed by atoms with van der Waals surface area (Å²) in [5.74, 6) is -4.23. The van der Waals surface area contributed by atoms with Gasteiger partial charge in [0.25, 0.3) is 0 Å². The molecule has 0 saturated carbocycles. The number of aromatic hydroxyl groups is 1. The average Bonchev–Trinajstić information content (AvgIpc) is 2.66. The minimum atomic E-state index is -2.80. The lowest BCUT2D eigenvalue weighted by molar-refractivity contribution is -0.163. The second-order valence-corrected chi connectivity index (χ2v) is 6.90. The summed E-state index contributed by atoms with van der Waals surface area (Å²) < 4.78 is 0. The summed E-state index contributed by atoms with van der Waals surface area (Å²) in [4.78, 5) is 58.4. The van der Waals surface area contributed by atoms with Crippen molar-refractivity contribution < 1.29 is 44.4 Å². The van der Waals surface area contributed by atoms with Crippen LogP contribution in [-0.2, 0) is 30.4 Å². The predicted molar refractivity (Wildman–Crippen MR) is 97.8 cm³/mol. The Labute approximate surface area is 166 Å². The van der Waals surface area contributed by atoms with Crippen molar-refractivity contribution in [2.45, 2.75) is 44.0 Å². The summed E-state index contributed by atoms with van der Waals surface area (Å²) in [5, 5.41) is 40.9. The summed E-state index contributed by atoms with van der Waals surface area (Å²) in [6.07, 6.45) is -3.12. The highest BCUT2D eigenvalue weighted by Gasteiger charge is 2.48. The topological polar surface area (TPSA) is 178 Å². The van der Waals surface area contributed by atoms with Gasteiger partial charge in [0.05, 0.1) is 13.0 Å². The zero-order valence-electron chi connectivity index (χ0n) is 15.9. The first-order chi connectivity index (χ1) is 13.3. The third-order valence-electron chi connectivity index (χ3n) is 4.19. The molecule has 10 nitrogen and oxygen atoms in total. The molecule has 1 aromatic rings. The Morgan fingerprint density at radius 2 is 1.66 bits per heavy atom. The second kappa shape index (κ2) is 9.50. The molecule has 5 N–H and O–H groups in total. The fraction of sp³-hybridized carbons (Fsp3) is 0.421. The van der Waals surface area contributed by atoms with E-state index in [1.165, 1.54) is 24.3 Å². The van der Waals surface area contributed by atoms with E-state index in [1.807, 2.05) is 0 Å². The zero-order valence-corrected chi connectivity index (χ0v) is 15.9. The number of aliphatic hydroxyl groups is 3. The average molecular weight is 409 g/mol. The Balaban J connectivity index is 2.59. The standard InChI is InChI=1S/C19H23NO9/c1-18(28,10-21)17(27)19(2,29)15(25)8-13(23)14(24)9-20-16(26)7-11-3-5-12(22)6-4-11/h3-6,10,13,22-23,28-29H,7-9H2,1-2H3,(H,20,26). The van der Waals surface area contributed by atoms with Gasteiger partial charge in [0.1, 0.15) is 11.9 Å². The smallest absolute Gasteiger partial charge is 0.224 e. The molecule has 158 valence electrons. The van der Waals surface area contributed by atoms with Gasteiger partial charge in [-0.3, -0.25) is 24.0 Å². The molecule has 3 atom stereocenters. The van der Waals surface area contributed by atoms with E-state index in [4.69, 9.17) is 0 Å². The number of hydrogen-bond acceptors (Lipinski definition) is 9. The van der Waals surface area contributed by atoms with Crippen LogP contribution in [0.3, 0.4) is 0 Å². The van der Waals surface area contributed by atoms with Crippen molar-refractivity contribution in [3.8, 4) is 5.75 Å². The molecule has 0 aliphatic heterocycles. The number of phenols is 1. The first-order valence-electron chi connectivity index (χ1n) is 8.56. The van der Waals surface area contributed by atoms with Crippen LogP contribution in [0, 0.1) is 0 Å². The first kappa shape index (κ1) is 24.1. The molecule has 0 saturated heterocycles. The normalized spacial score (nSPS) is 16.0. The third-order valence-corrected chi connectivity index (χ3v) is 4.19. The Bertz CT molecular complexity index is 796. The van der Waals surface area contributed by atoms with Crippen LogP contribution >= 0.6 is 0 Å².